The molecule has 2 rings (SSSR count). The summed E-state index contributed by atoms with van der Waals surface area (Å²) in [6.07, 6.45) is 1.56. The van der Waals surface area contributed by atoms with E-state index in [0.29, 0.717) is 12.2 Å². The Morgan fingerprint density at radius 2 is 2.14 bits per heavy atom. The van der Waals surface area contributed by atoms with E-state index in [0.717, 1.165) is 21.4 Å². The number of aryl methyl sites for hydroxylation is 1. The number of hydrogen-bond acceptors (Lipinski definition) is 4. The van der Waals surface area contributed by atoms with Gasteiger partial charge in [0.25, 0.3) is 0 Å². The van der Waals surface area contributed by atoms with Crippen LogP contribution < -0.4 is 5.73 Å². The highest BCUT2D eigenvalue weighted by Crippen LogP contribution is 2.26. The average Bonchev–Trinajstić information content (AvgIpc) is 2.77. The van der Waals surface area contributed by atoms with Crippen LogP contribution in [0.3, 0.4) is 0 Å². The molecular weight excluding hydrogens is 354 g/mol. The van der Waals surface area contributed by atoms with Crippen LogP contribution in [-0.4, -0.2) is 30.4 Å². The molecule has 1 aromatic carbocycles. The first-order chi connectivity index (χ1) is 9.76. The number of nitrogens with zero attached hydrogens (tertiary/aromatic N) is 1. The van der Waals surface area contributed by atoms with Crippen molar-refractivity contribution in [3.8, 4) is 11.3 Å². The molecule has 1 heterocycles. The molecule has 5 nitrogen and oxygen atoms in total. The summed E-state index contributed by atoms with van der Waals surface area (Å²) in [6, 6.07) is 7.43. The van der Waals surface area contributed by atoms with Gasteiger partial charge >= 0.3 is 0 Å². The number of imidazole rings is 1. The van der Waals surface area contributed by atoms with Gasteiger partial charge in [0, 0.05) is 22.0 Å². The lowest BCUT2D eigenvalue weighted by molar-refractivity contribution is 0.587. The van der Waals surface area contributed by atoms with Gasteiger partial charge in [-0.2, -0.15) is 0 Å². The van der Waals surface area contributed by atoms with Gasteiger partial charge in [-0.3, -0.25) is 0 Å². The normalized spacial score (nSPS) is 13.3. The molecule has 21 heavy (non-hydrogen) atoms. The van der Waals surface area contributed by atoms with Gasteiger partial charge in [-0.05, 0) is 25.5 Å². The molecule has 1 atom stereocenters. The zero-order chi connectivity index (χ0) is 15.6. The van der Waals surface area contributed by atoms with Gasteiger partial charge in [0.05, 0.1) is 17.5 Å². The van der Waals surface area contributed by atoms with Crippen molar-refractivity contribution >= 4 is 25.8 Å². The number of H-pyrrole nitrogens is 1. The number of benzene rings is 1. The maximum atomic E-state index is 11.2. The van der Waals surface area contributed by atoms with Gasteiger partial charge in [-0.25, -0.2) is 13.4 Å². The van der Waals surface area contributed by atoms with E-state index in [1.165, 1.54) is 6.26 Å². The molecule has 2 aromatic rings. The fourth-order valence-corrected chi connectivity index (χ4v) is 3.14. The number of sulfone groups is 1. The monoisotopic (exact) mass is 371 g/mol. The Labute approximate surface area is 133 Å². The fourth-order valence-electron chi connectivity index (χ4n) is 2.05. The summed E-state index contributed by atoms with van der Waals surface area (Å²) >= 11 is 3.44. The molecule has 0 aliphatic carbocycles. The number of hydrogen-bond donors (Lipinski definition) is 2. The van der Waals surface area contributed by atoms with Crippen LogP contribution in [0.5, 0.6) is 0 Å². The second kappa shape index (κ2) is 6.29. The quantitative estimate of drug-likeness (QED) is 0.844. The molecule has 0 amide bonds. The molecule has 0 aliphatic heterocycles. The van der Waals surface area contributed by atoms with E-state index >= 15 is 0 Å². The first-order valence-corrected chi connectivity index (χ1v) is 9.37. The number of aromatic nitrogens is 2. The molecule has 1 aromatic heterocycles. The van der Waals surface area contributed by atoms with E-state index in [9.17, 15) is 8.42 Å². The standard InChI is InChI=1S/C14H18BrN3O2S/c1-9-13(10-4-3-5-11(15)8-10)18-14(17-9)12(16)6-7-21(2,19)20/h3-5,8,12H,6-7,16H2,1-2H3,(H,17,18). The molecule has 0 fully saturated rings. The maximum Gasteiger partial charge on any atom is 0.147 e. The van der Waals surface area contributed by atoms with Crippen LogP contribution >= 0.6 is 15.9 Å². The van der Waals surface area contributed by atoms with Crippen LogP contribution in [0.2, 0.25) is 0 Å². The van der Waals surface area contributed by atoms with Crippen molar-refractivity contribution in [1.82, 2.24) is 9.97 Å². The molecule has 0 spiro atoms. The van der Waals surface area contributed by atoms with Crippen LogP contribution in [0.15, 0.2) is 28.7 Å². The third-order valence-electron chi connectivity index (χ3n) is 3.15. The number of rotatable bonds is 5. The molecule has 3 N–H and O–H groups in total. The summed E-state index contributed by atoms with van der Waals surface area (Å²) < 4.78 is 23.4. The van der Waals surface area contributed by atoms with E-state index in [1.807, 2.05) is 31.2 Å². The molecule has 0 saturated heterocycles. The Hall–Kier alpha value is -1.18. The van der Waals surface area contributed by atoms with Gasteiger partial charge in [0.1, 0.15) is 15.7 Å². The highest BCUT2D eigenvalue weighted by atomic mass is 79.9. The first-order valence-electron chi connectivity index (χ1n) is 6.52. The molecule has 1 unspecified atom stereocenters. The smallest absolute Gasteiger partial charge is 0.147 e. The lowest BCUT2D eigenvalue weighted by Gasteiger charge is -2.07. The Balaban J connectivity index is 2.23. The lowest BCUT2D eigenvalue weighted by Crippen LogP contribution is -2.17. The molecule has 0 aliphatic rings. The van der Waals surface area contributed by atoms with E-state index in [4.69, 9.17) is 5.73 Å². The van der Waals surface area contributed by atoms with Gasteiger partial charge < -0.3 is 10.7 Å². The van der Waals surface area contributed by atoms with Crippen molar-refractivity contribution in [2.24, 2.45) is 5.73 Å². The van der Waals surface area contributed by atoms with Crippen molar-refractivity contribution in [3.05, 3.63) is 40.3 Å². The minimum Gasteiger partial charge on any atom is -0.344 e. The number of halogens is 1. The van der Waals surface area contributed by atoms with Crippen LogP contribution in [0, 0.1) is 6.92 Å². The van der Waals surface area contributed by atoms with Crippen molar-refractivity contribution in [1.29, 1.82) is 0 Å². The van der Waals surface area contributed by atoms with Crippen molar-refractivity contribution in [2.75, 3.05) is 12.0 Å². The van der Waals surface area contributed by atoms with Crippen LogP contribution in [0.25, 0.3) is 11.3 Å². The SMILES string of the molecule is Cc1[nH]c(C(N)CCS(C)(=O)=O)nc1-c1cccc(Br)c1. The highest BCUT2D eigenvalue weighted by molar-refractivity contribution is 9.10. The minimum atomic E-state index is -3.02. The number of aromatic amines is 1. The average molecular weight is 372 g/mol. The summed E-state index contributed by atoms with van der Waals surface area (Å²) in [7, 11) is -3.02. The summed E-state index contributed by atoms with van der Waals surface area (Å²) in [5.41, 5.74) is 8.76. The van der Waals surface area contributed by atoms with Gasteiger partial charge in [-0.1, -0.05) is 28.1 Å². The van der Waals surface area contributed by atoms with Gasteiger partial charge in [-0.15, -0.1) is 0 Å². The molecule has 0 radical (unpaired) electrons. The van der Waals surface area contributed by atoms with Gasteiger partial charge in [0.15, 0.2) is 0 Å². The zero-order valence-corrected chi connectivity index (χ0v) is 14.3. The minimum absolute atomic E-state index is 0.0557. The summed E-state index contributed by atoms with van der Waals surface area (Å²) in [4.78, 5) is 7.68. The molecule has 114 valence electrons. The molecule has 0 saturated carbocycles. The lowest BCUT2D eigenvalue weighted by atomic mass is 10.1. The van der Waals surface area contributed by atoms with Crippen LogP contribution in [0.1, 0.15) is 24.0 Å². The Kier molecular flexibility index (Phi) is 4.85. The zero-order valence-electron chi connectivity index (χ0n) is 11.9. The molecule has 0 bridgehead atoms. The highest BCUT2D eigenvalue weighted by Gasteiger charge is 2.16. The number of nitrogens with one attached hydrogen (secondary N) is 1. The Bertz CT molecular complexity index is 740. The number of nitrogens with two attached hydrogens (primary N) is 1. The maximum absolute atomic E-state index is 11.2. The van der Waals surface area contributed by atoms with E-state index in [1.54, 1.807) is 0 Å². The third kappa shape index (κ3) is 4.39. The Morgan fingerprint density at radius 3 is 2.76 bits per heavy atom. The largest absolute Gasteiger partial charge is 0.344 e. The topological polar surface area (TPSA) is 88.8 Å². The third-order valence-corrected chi connectivity index (χ3v) is 4.62. The van der Waals surface area contributed by atoms with Crippen LogP contribution in [0.4, 0.5) is 0 Å². The summed E-state index contributed by atoms with van der Waals surface area (Å²) in [5.74, 6) is 0.672. The van der Waals surface area contributed by atoms with Crippen molar-refractivity contribution in [2.45, 2.75) is 19.4 Å². The van der Waals surface area contributed by atoms with Crippen LogP contribution in [-0.2, 0) is 9.84 Å². The molecular formula is C14H18BrN3O2S. The Morgan fingerprint density at radius 1 is 1.43 bits per heavy atom. The van der Waals surface area contributed by atoms with E-state index in [-0.39, 0.29) is 5.75 Å². The summed E-state index contributed by atoms with van der Waals surface area (Å²) in [6.45, 7) is 1.93. The predicted octanol–water partition coefficient (Wildman–Crippen LogP) is 2.58. The second-order valence-corrected chi connectivity index (χ2v) is 8.31. The van der Waals surface area contributed by atoms with E-state index in [2.05, 4.69) is 25.9 Å². The van der Waals surface area contributed by atoms with Crippen molar-refractivity contribution < 1.29 is 8.42 Å². The van der Waals surface area contributed by atoms with Gasteiger partial charge in [0.2, 0.25) is 0 Å². The molecule has 7 heteroatoms. The summed E-state index contributed by atoms with van der Waals surface area (Å²) in [5, 5.41) is 0. The van der Waals surface area contributed by atoms with Crippen molar-refractivity contribution in [3.63, 3.8) is 0 Å². The predicted molar refractivity (Wildman–Crippen MR) is 87.7 cm³/mol. The first kappa shape index (κ1) is 16.2. The van der Waals surface area contributed by atoms with E-state index < -0.39 is 15.9 Å². The fraction of sp³-hybridized carbons (Fsp3) is 0.357. The second-order valence-electron chi connectivity index (χ2n) is 5.13.